The maximum atomic E-state index is 13.6. The van der Waals surface area contributed by atoms with Gasteiger partial charge in [-0.05, 0) is 25.1 Å². The van der Waals surface area contributed by atoms with E-state index in [1.54, 1.807) is 25.4 Å². The van der Waals surface area contributed by atoms with E-state index in [9.17, 15) is 13.6 Å². The van der Waals surface area contributed by atoms with Gasteiger partial charge in [0.05, 0.1) is 13.0 Å². The highest BCUT2D eigenvalue weighted by molar-refractivity contribution is 5.70. The fourth-order valence-electron chi connectivity index (χ4n) is 2.25. The number of aromatic nitrogens is 5. The number of anilines is 1. The summed E-state index contributed by atoms with van der Waals surface area (Å²) in [7, 11) is 0. The van der Waals surface area contributed by atoms with E-state index < -0.39 is 11.6 Å². The van der Waals surface area contributed by atoms with Crippen LogP contribution in [0.3, 0.4) is 0 Å². The van der Waals surface area contributed by atoms with E-state index >= 15 is 0 Å². The zero-order valence-corrected chi connectivity index (χ0v) is 14.4. The summed E-state index contributed by atoms with van der Waals surface area (Å²) in [5, 5.41) is 6.93. The van der Waals surface area contributed by atoms with Crippen LogP contribution in [0.15, 0.2) is 36.7 Å². The van der Waals surface area contributed by atoms with Crippen molar-refractivity contribution >= 4 is 11.9 Å². The van der Waals surface area contributed by atoms with E-state index in [0.717, 1.165) is 18.2 Å². The molecule has 3 aromatic rings. The van der Waals surface area contributed by atoms with Gasteiger partial charge in [-0.25, -0.2) is 13.5 Å². The largest absolute Gasteiger partial charge is 0.466 e. The number of ether oxygens (including phenoxy) is 1. The Morgan fingerprint density at radius 2 is 1.96 bits per heavy atom. The topological polar surface area (TPSA) is 94.8 Å². The minimum Gasteiger partial charge on any atom is -0.466 e. The van der Waals surface area contributed by atoms with Gasteiger partial charge in [0.25, 0.3) is 5.95 Å². The lowest BCUT2D eigenvalue weighted by molar-refractivity contribution is -0.142. The predicted molar refractivity (Wildman–Crippen MR) is 92.0 cm³/mol. The molecule has 0 saturated heterocycles. The van der Waals surface area contributed by atoms with Crippen molar-refractivity contribution in [2.75, 3.05) is 18.5 Å². The number of hydrogen-bond donors (Lipinski definition) is 1. The van der Waals surface area contributed by atoms with Crippen LogP contribution >= 0.6 is 0 Å². The first kappa shape index (κ1) is 18.4. The molecular weight excluding hydrogens is 358 g/mol. The van der Waals surface area contributed by atoms with Crippen LogP contribution in [0.4, 0.5) is 14.7 Å². The molecule has 10 heteroatoms. The zero-order chi connectivity index (χ0) is 19.2. The van der Waals surface area contributed by atoms with Gasteiger partial charge in [0.1, 0.15) is 11.6 Å². The van der Waals surface area contributed by atoms with Gasteiger partial charge < -0.3 is 10.1 Å². The van der Waals surface area contributed by atoms with Crippen LogP contribution in [-0.2, 0) is 9.53 Å². The lowest BCUT2D eigenvalue weighted by Crippen LogP contribution is -2.15. The average molecular weight is 374 g/mol. The lowest BCUT2D eigenvalue weighted by atomic mass is 10.2. The van der Waals surface area contributed by atoms with Crippen LogP contribution in [0.1, 0.15) is 13.3 Å². The van der Waals surface area contributed by atoms with Crippen LogP contribution in [0, 0.1) is 11.6 Å². The number of carbonyl (C=O) groups is 1. The van der Waals surface area contributed by atoms with Gasteiger partial charge in [0, 0.05) is 30.6 Å². The minimum absolute atomic E-state index is 0.0625. The van der Waals surface area contributed by atoms with Crippen LogP contribution < -0.4 is 5.32 Å². The standard InChI is InChI=1S/C17H16F2N6O2/c1-2-27-14(26)4-6-20-16-22-15(11-8-12(18)10-13(19)9-11)23-17(24-16)25-7-3-5-21-25/h3,5,7-10H,2,4,6H2,1H3,(H,20,22,23,24). The molecule has 0 atom stereocenters. The number of benzene rings is 1. The Labute approximate surface area is 153 Å². The third kappa shape index (κ3) is 4.81. The molecule has 8 nitrogen and oxygen atoms in total. The van der Waals surface area contributed by atoms with Crippen LogP contribution in [0.25, 0.3) is 17.3 Å². The lowest BCUT2D eigenvalue weighted by Gasteiger charge is -2.09. The van der Waals surface area contributed by atoms with Crippen molar-refractivity contribution in [3.05, 3.63) is 48.3 Å². The maximum Gasteiger partial charge on any atom is 0.307 e. The quantitative estimate of drug-likeness (QED) is 0.635. The van der Waals surface area contributed by atoms with E-state index in [-0.39, 0.29) is 42.2 Å². The van der Waals surface area contributed by atoms with Crippen molar-refractivity contribution in [2.24, 2.45) is 0 Å². The summed E-state index contributed by atoms with van der Waals surface area (Å²) >= 11 is 0. The van der Waals surface area contributed by atoms with Gasteiger partial charge >= 0.3 is 5.97 Å². The monoisotopic (exact) mass is 374 g/mol. The van der Waals surface area contributed by atoms with Crippen LogP contribution in [-0.4, -0.2) is 43.9 Å². The van der Waals surface area contributed by atoms with Crippen LogP contribution in [0.2, 0.25) is 0 Å². The first-order valence-electron chi connectivity index (χ1n) is 8.17. The van der Waals surface area contributed by atoms with Crippen molar-refractivity contribution in [3.63, 3.8) is 0 Å². The third-order valence-corrected chi connectivity index (χ3v) is 3.37. The number of hydrogen-bond acceptors (Lipinski definition) is 7. The number of nitrogens with one attached hydrogen (secondary N) is 1. The van der Waals surface area contributed by atoms with Gasteiger partial charge in [0.15, 0.2) is 5.82 Å². The van der Waals surface area contributed by atoms with Crippen molar-refractivity contribution in [3.8, 4) is 17.3 Å². The fraction of sp³-hybridized carbons (Fsp3) is 0.235. The molecule has 0 unspecified atom stereocenters. The zero-order valence-electron chi connectivity index (χ0n) is 14.4. The fourth-order valence-corrected chi connectivity index (χ4v) is 2.25. The van der Waals surface area contributed by atoms with Crippen LogP contribution in [0.5, 0.6) is 0 Å². The average Bonchev–Trinajstić information content (AvgIpc) is 3.15. The van der Waals surface area contributed by atoms with E-state index in [1.807, 2.05) is 0 Å². The summed E-state index contributed by atoms with van der Waals surface area (Å²) in [6.07, 6.45) is 3.27. The highest BCUT2D eigenvalue weighted by atomic mass is 19.1. The summed E-state index contributed by atoms with van der Waals surface area (Å²) in [6.45, 7) is 2.24. The molecule has 0 fully saturated rings. The summed E-state index contributed by atoms with van der Waals surface area (Å²) < 4.78 is 33.4. The molecule has 3 rings (SSSR count). The number of rotatable bonds is 7. The second kappa shape index (κ2) is 8.30. The normalized spacial score (nSPS) is 10.6. The SMILES string of the molecule is CCOC(=O)CCNc1nc(-c2cc(F)cc(F)c2)nc(-n2cccn2)n1. The Hall–Kier alpha value is -3.43. The second-order valence-electron chi connectivity index (χ2n) is 5.37. The molecular formula is C17H16F2N6O2. The summed E-state index contributed by atoms with van der Waals surface area (Å²) in [5.74, 6) is -1.50. The summed E-state index contributed by atoms with van der Waals surface area (Å²) in [6, 6.07) is 4.68. The number of nitrogens with zero attached hydrogens (tertiary/aromatic N) is 5. The van der Waals surface area contributed by atoms with E-state index in [4.69, 9.17) is 4.74 Å². The molecule has 0 amide bonds. The molecule has 2 heterocycles. The molecule has 0 bridgehead atoms. The molecule has 0 aliphatic rings. The highest BCUT2D eigenvalue weighted by Crippen LogP contribution is 2.20. The van der Waals surface area contributed by atoms with Gasteiger partial charge in [0.2, 0.25) is 5.95 Å². The molecule has 1 N–H and O–H groups in total. The van der Waals surface area contributed by atoms with E-state index in [1.165, 1.54) is 4.68 Å². The smallest absolute Gasteiger partial charge is 0.307 e. The number of halogens is 2. The van der Waals surface area contributed by atoms with Gasteiger partial charge in [-0.3, -0.25) is 4.79 Å². The van der Waals surface area contributed by atoms with Gasteiger partial charge in [-0.1, -0.05) is 0 Å². The highest BCUT2D eigenvalue weighted by Gasteiger charge is 2.13. The Bertz CT molecular complexity index is 913. The molecule has 140 valence electrons. The molecule has 0 aliphatic heterocycles. The second-order valence-corrected chi connectivity index (χ2v) is 5.37. The van der Waals surface area contributed by atoms with E-state index in [0.29, 0.717) is 6.61 Å². The predicted octanol–water partition coefficient (Wildman–Crippen LogP) is 2.37. The molecule has 0 saturated carbocycles. The van der Waals surface area contributed by atoms with Gasteiger partial charge in [-0.2, -0.15) is 20.1 Å². The first-order chi connectivity index (χ1) is 13.0. The molecule has 27 heavy (non-hydrogen) atoms. The Morgan fingerprint density at radius 3 is 2.63 bits per heavy atom. The Balaban J connectivity index is 1.91. The number of esters is 1. The number of carbonyl (C=O) groups excluding carboxylic acids is 1. The molecule has 2 aromatic heterocycles. The third-order valence-electron chi connectivity index (χ3n) is 3.37. The van der Waals surface area contributed by atoms with Crippen molar-refractivity contribution < 1.29 is 18.3 Å². The maximum absolute atomic E-state index is 13.6. The van der Waals surface area contributed by atoms with E-state index in [2.05, 4.69) is 25.4 Å². The molecule has 0 spiro atoms. The summed E-state index contributed by atoms with van der Waals surface area (Å²) in [4.78, 5) is 24.0. The summed E-state index contributed by atoms with van der Waals surface area (Å²) in [5.41, 5.74) is 0.150. The molecule has 0 aliphatic carbocycles. The Morgan fingerprint density at radius 1 is 1.19 bits per heavy atom. The van der Waals surface area contributed by atoms with Crippen molar-refractivity contribution in [2.45, 2.75) is 13.3 Å². The van der Waals surface area contributed by atoms with Crippen molar-refractivity contribution in [1.82, 2.24) is 24.7 Å². The Kier molecular flexibility index (Phi) is 5.64. The van der Waals surface area contributed by atoms with Crippen molar-refractivity contribution in [1.29, 1.82) is 0 Å². The molecule has 0 radical (unpaired) electrons. The minimum atomic E-state index is -0.747. The molecule has 1 aromatic carbocycles. The van der Waals surface area contributed by atoms with Gasteiger partial charge in [-0.15, -0.1) is 0 Å². The first-order valence-corrected chi connectivity index (χ1v) is 8.17.